The van der Waals surface area contributed by atoms with E-state index in [0.717, 1.165) is 12.6 Å². The van der Waals surface area contributed by atoms with Crippen molar-refractivity contribution < 1.29 is 4.39 Å². The molecule has 0 bridgehead atoms. The van der Waals surface area contributed by atoms with E-state index in [1.54, 1.807) is 6.92 Å². The van der Waals surface area contributed by atoms with E-state index in [-0.39, 0.29) is 0 Å². The zero-order chi connectivity index (χ0) is 11.5. The third-order valence-corrected chi connectivity index (χ3v) is 2.07. The molecule has 0 amide bonds. The van der Waals surface area contributed by atoms with Crippen LogP contribution in [-0.4, -0.2) is 19.9 Å². The molecule has 0 saturated heterocycles. The summed E-state index contributed by atoms with van der Waals surface area (Å²) in [7, 11) is 0. The Kier molecular flexibility index (Phi) is 2.85. The molecule has 0 radical (unpaired) electrons. The van der Waals surface area contributed by atoms with E-state index < -0.39 is 5.82 Å². The molecule has 82 valence electrons. The van der Waals surface area contributed by atoms with E-state index in [4.69, 9.17) is 0 Å². The molecule has 2 aromatic rings. The van der Waals surface area contributed by atoms with Gasteiger partial charge in [0.05, 0.1) is 6.20 Å². The average Bonchev–Trinajstić information content (AvgIpc) is 2.28. The highest BCUT2D eigenvalue weighted by Gasteiger charge is 2.06. The van der Waals surface area contributed by atoms with Gasteiger partial charge in [0.1, 0.15) is 17.5 Å². The van der Waals surface area contributed by atoms with Crippen LogP contribution < -0.4 is 0 Å². The van der Waals surface area contributed by atoms with Crippen LogP contribution in [0.25, 0.3) is 11.4 Å². The molecule has 0 saturated carbocycles. The van der Waals surface area contributed by atoms with Crippen molar-refractivity contribution in [1.29, 1.82) is 0 Å². The number of hydrogen-bond donors (Lipinski definition) is 0. The predicted octanol–water partition coefficient (Wildman–Crippen LogP) is 1.94. The topological polar surface area (TPSA) is 51.6 Å². The quantitative estimate of drug-likeness (QED) is 0.773. The maximum atomic E-state index is 13.0. The number of aromatic nitrogens is 4. The molecule has 0 aliphatic rings. The number of halogens is 1. The smallest absolute Gasteiger partial charge is 0.164 e. The fraction of sp³-hybridized carbons (Fsp3) is 0.273. The van der Waals surface area contributed by atoms with Gasteiger partial charge in [0.2, 0.25) is 0 Å². The van der Waals surface area contributed by atoms with Gasteiger partial charge in [-0.3, -0.25) is 4.98 Å². The Bertz CT molecular complexity index is 513. The van der Waals surface area contributed by atoms with Gasteiger partial charge in [0.15, 0.2) is 5.82 Å². The summed E-state index contributed by atoms with van der Waals surface area (Å²) < 4.78 is 13.0. The van der Waals surface area contributed by atoms with Crippen LogP contribution >= 0.6 is 0 Å². The third-order valence-electron chi connectivity index (χ3n) is 2.07. The molecule has 0 aliphatic carbocycles. The van der Waals surface area contributed by atoms with Crippen molar-refractivity contribution in [3.63, 3.8) is 0 Å². The molecule has 0 aromatic carbocycles. The molecule has 16 heavy (non-hydrogen) atoms. The van der Waals surface area contributed by atoms with Crippen molar-refractivity contribution >= 4 is 0 Å². The van der Waals surface area contributed by atoms with E-state index in [1.807, 2.05) is 6.92 Å². The molecule has 0 aliphatic heterocycles. The second kappa shape index (κ2) is 4.30. The zero-order valence-electron chi connectivity index (χ0n) is 9.11. The molecule has 0 N–H and O–H groups in total. The normalized spacial score (nSPS) is 10.4. The van der Waals surface area contributed by atoms with Gasteiger partial charge in [0, 0.05) is 18.2 Å². The Hall–Kier alpha value is -1.91. The molecule has 2 aromatic heterocycles. The predicted molar refractivity (Wildman–Crippen MR) is 57.1 cm³/mol. The second-order valence-corrected chi connectivity index (χ2v) is 3.37. The van der Waals surface area contributed by atoms with Crippen LogP contribution in [0.5, 0.6) is 0 Å². The minimum absolute atomic E-state index is 0.395. The van der Waals surface area contributed by atoms with Crippen LogP contribution in [0.3, 0.4) is 0 Å². The summed E-state index contributed by atoms with van der Waals surface area (Å²) in [5, 5.41) is 0. The first kappa shape index (κ1) is 10.6. The molecule has 4 nitrogen and oxygen atoms in total. The summed E-state index contributed by atoms with van der Waals surface area (Å²) in [5.41, 5.74) is 0.570. The zero-order valence-corrected chi connectivity index (χ0v) is 9.11. The molecular formula is C11H11FN4. The van der Waals surface area contributed by atoms with Crippen molar-refractivity contribution in [3.8, 4) is 11.4 Å². The van der Waals surface area contributed by atoms with Crippen LogP contribution in [0.15, 0.2) is 18.5 Å². The Morgan fingerprint density at radius 1 is 1.19 bits per heavy atom. The lowest BCUT2D eigenvalue weighted by molar-refractivity contribution is 0.621. The molecule has 0 unspecified atom stereocenters. The molecule has 0 spiro atoms. The Labute approximate surface area is 92.6 Å². The van der Waals surface area contributed by atoms with Gasteiger partial charge in [-0.15, -0.1) is 0 Å². The minimum atomic E-state index is -0.395. The average molecular weight is 218 g/mol. The minimum Gasteiger partial charge on any atom is -0.261 e. The van der Waals surface area contributed by atoms with E-state index >= 15 is 0 Å². The third kappa shape index (κ3) is 2.18. The number of rotatable bonds is 2. The number of nitrogens with zero attached hydrogens (tertiary/aromatic N) is 4. The standard InChI is InChI=1S/C11H11FN4/c1-3-10-14-7(2)15-11(16-10)8-4-9(12)6-13-5-8/h4-6H,3H2,1-2H3. The van der Waals surface area contributed by atoms with Crippen molar-refractivity contribution in [2.24, 2.45) is 0 Å². The van der Waals surface area contributed by atoms with Crippen molar-refractivity contribution in [2.75, 3.05) is 0 Å². The number of aryl methyl sites for hydroxylation is 2. The summed E-state index contributed by atoms with van der Waals surface area (Å²) in [4.78, 5) is 16.3. The van der Waals surface area contributed by atoms with Crippen LogP contribution in [0.2, 0.25) is 0 Å². The molecule has 2 heterocycles. The fourth-order valence-electron chi connectivity index (χ4n) is 1.36. The number of hydrogen-bond acceptors (Lipinski definition) is 4. The maximum Gasteiger partial charge on any atom is 0.164 e. The molecule has 0 atom stereocenters. The van der Waals surface area contributed by atoms with Gasteiger partial charge in [-0.05, 0) is 13.0 Å². The van der Waals surface area contributed by atoms with Gasteiger partial charge in [0.25, 0.3) is 0 Å². The largest absolute Gasteiger partial charge is 0.261 e. The van der Waals surface area contributed by atoms with Crippen LogP contribution in [0.1, 0.15) is 18.6 Å². The monoisotopic (exact) mass is 218 g/mol. The molecule has 5 heteroatoms. The highest BCUT2D eigenvalue weighted by Crippen LogP contribution is 2.14. The van der Waals surface area contributed by atoms with Crippen LogP contribution in [0, 0.1) is 12.7 Å². The Morgan fingerprint density at radius 2 is 2.00 bits per heavy atom. The summed E-state index contributed by atoms with van der Waals surface area (Å²) in [6.45, 7) is 3.75. The van der Waals surface area contributed by atoms with Crippen molar-refractivity contribution in [1.82, 2.24) is 19.9 Å². The lowest BCUT2D eigenvalue weighted by Gasteiger charge is -2.03. The molecule has 0 fully saturated rings. The summed E-state index contributed by atoms with van der Waals surface area (Å²) in [6, 6.07) is 1.36. The lowest BCUT2D eigenvalue weighted by Crippen LogP contribution is -2.01. The van der Waals surface area contributed by atoms with Gasteiger partial charge >= 0.3 is 0 Å². The SMILES string of the molecule is CCc1nc(C)nc(-c2cncc(F)c2)n1. The maximum absolute atomic E-state index is 13.0. The molecular weight excluding hydrogens is 207 g/mol. The highest BCUT2D eigenvalue weighted by molar-refractivity contribution is 5.52. The first-order valence-electron chi connectivity index (χ1n) is 5.01. The van der Waals surface area contributed by atoms with Crippen molar-refractivity contribution in [3.05, 3.63) is 35.9 Å². The van der Waals surface area contributed by atoms with Gasteiger partial charge in [-0.25, -0.2) is 19.3 Å². The first-order valence-corrected chi connectivity index (χ1v) is 5.01. The summed E-state index contributed by atoms with van der Waals surface area (Å²) in [5.74, 6) is 1.41. The van der Waals surface area contributed by atoms with Gasteiger partial charge in [-0.2, -0.15) is 0 Å². The summed E-state index contributed by atoms with van der Waals surface area (Å²) >= 11 is 0. The van der Waals surface area contributed by atoms with Gasteiger partial charge in [-0.1, -0.05) is 6.92 Å². The Balaban J connectivity index is 2.51. The second-order valence-electron chi connectivity index (χ2n) is 3.37. The fourth-order valence-corrected chi connectivity index (χ4v) is 1.36. The van der Waals surface area contributed by atoms with E-state index in [2.05, 4.69) is 19.9 Å². The van der Waals surface area contributed by atoms with Gasteiger partial charge < -0.3 is 0 Å². The van der Waals surface area contributed by atoms with Crippen LogP contribution in [-0.2, 0) is 6.42 Å². The van der Waals surface area contributed by atoms with E-state index in [0.29, 0.717) is 23.0 Å². The van der Waals surface area contributed by atoms with Crippen molar-refractivity contribution in [2.45, 2.75) is 20.3 Å². The summed E-state index contributed by atoms with van der Waals surface area (Å²) in [6.07, 6.45) is 3.41. The Morgan fingerprint density at radius 3 is 2.69 bits per heavy atom. The van der Waals surface area contributed by atoms with E-state index in [1.165, 1.54) is 12.3 Å². The molecule has 2 rings (SSSR count). The number of pyridine rings is 1. The first-order chi connectivity index (χ1) is 7.69. The highest BCUT2D eigenvalue weighted by atomic mass is 19.1. The lowest BCUT2D eigenvalue weighted by atomic mass is 10.2. The van der Waals surface area contributed by atoms with Crippen LogP contribution in [0.4, 0.5) is 4.39 Å². The van der Waals surface area contributed by atoms with E-state index in [9.17, 15) is 4.39 Å².